The maximum absolute atomic E-state index is 11.8. The Balaban J connectivity index is 1.64. The van der Waals surface area contributed by atoms with Crippen molar-refractivity contribution in [3.8, 4) is 0 Å². The number of carbonyl (C=O) groups is 1. The summed E-state index contributed by atoms with van der Waals surface area (Å²) in [6.45, 7) is 4.13. The second-order valence-corrected chi connectivity index (χ2v) is 6.61. The van der Waals surface area contributed by atoms with E-state index in [2.05, 4.69) is 24.5 Å². The van der Waals surface area contributed by atoms with Gasteiger partial charge in [0.2, 0.25) is 5.91 Å². The van der Waals surface area contributed by atoms with Gasteiger partial charge in [0.05, 0.1) is 6.10 Å². The Bertz CT molecular complexity index is 523. The average molecular weight is 274 g/mol. The zero-order valence-electron chi connectivity index (χ0n) is 12.0. The van der Waals surface area contributed by atoms with E-state index >= 15 is 0 Å². The van der Waals surface area contributed by atoms with E-state index in [0.717, 1.165) is 30.6 Å². The normalized spacial score (nSPS) is 27.6. The summed E-state index contributed by atoms with van der Waals surface area (Å²) in [4.78, 5) is 11.8. The van der Waals surface area contributed by atoms with Crippen molar-refractivity contribution in [2.45, 2.75) is 45.3 Å². The quantitative estimate of drug-likeness (QED) is 0.791. The molecule has 0 aromatic heterocycles. The lowest BCUT2D eigenvalue weighted by atomic mass is 9.64. The fourth-order valence-electron chi connectivity index (χ4n) is 2.63. The first-order valence-corrected chi connectivity index (χ1v) is 7.32. The number of anilines is 2. The van der Waals surface area contributed by atoms with Gasteiger partial charge in [0.25, 0.3) is 0 Å². The molecule has 1 aromatic carbocycles. The molecular formula is C16H22N2O2. The molecule has 1 aromatic rings. The molecule has 0 spiro atoms. The Labute approximate surface area is 119 Å². The smallest absolute Gasteiger partial charge is 0.227 e. The number of hydrogen-bond acceptors (Lipinski definition) is 3. The van der Waals surface area contributed by atoms with Crippen LogP contribution in [0.4, 0.5) is 11.4 Å². The van der Waals surface area contributed by atoms with Gasteiger partial charge in [-0.2, -0.15) is 0 Å². The number of rotatable bonds is 4. The van der Waals surface area contributed by atoms with E-state index in [4.69, 9.17) is 0 Å². The molecule has 108 valence electrons. The molecule has 0 radical (unpaired) electrons. The van der Waals surface area contributed by atoms with E-state index in [9.17, 15) is 9.90 Å². The average Bonchev–Trinajstić information content (AvgIpc) is 3.23. The van der Waals surface area contributed by atoms with Crippen LogP contribution in [0.2, 0.25) is 0 Å². The standard InChI is InChI=1S/C16H22N2O2/c1-16(2)13(9-14(16)19)17-11-4-3-5-12(8-11)18-15(20)10-6-7-10/h3-5,8,10,13-14,17,19H,6-7,9H2,1-2H3,(H,18,20). The van der Waals surface area contributed by atoms with Gasteiger partial charge in [-0.1, -0.05) is 19.9 Å². The van der Waals surface area contributed by atoms with E-state index in [1.165, 1.54) is 0 Å². The van der Waals surface area contributed by atoms with Crippen molar-refractivity contribution in [1.82, 2.24) is 0 Å². The van der Waals surface area contributed by atoms with Crippen LogP contribution in [-0.4, -0.2) is 23.2 Å². The largest absolute Gasteiger partial charge is 0.392 e. The Morgan fingerprint density at radius 3 is 2.60 bits per heavy atom. The molecule has 3 N–H and O–H groups in total. The van der Waals surface area contributed by atoms with Crippen LogP contribution in [0.3, 0.4) is 0 Å². The zero-order valence-corrected chi connectivity index (χ0v) is 12.0. The second kappa shape index (κ2) is 4.77. The van der Waals surface area contributed by atoms with Gasteiger partial charge in [-0.05, 0) is 37.5 Å². The number of aliphatic hydroxyl groups is 1. The highest BCUT2D eigenvalue weighted by molar-refractivity contribution is 5.94. The van der Waals surface area contributed by atoms with Gasteiger partial charge in [-0.25, -0.2) is 0 Å². The van der Waals surface area contributed by atoms with E-state index in [1.807, 2.05) is 24.3 Å². The maximum atomic E-state index is 11.8. The van der Waals surface area contributed by atoms with Crippen LogP contribution in [0.1, 0.15) is 33.1 Å². The van der Waals surface area contributed by atoms with Gasteiger partial charge in [-0.15, -0.1) is 0 Å². The summed E-state index contributed by atoms with van der Waals surface area (Å²) in [5.74, 6) is 0.342. The van der Waals surface area contributed by atoms with Crippen molar-refractivity contribution >= 4 is 17.3 Å². The molecule has 4 heteroatoms. The Morgan fingerprint density at radius 1 is 1.30 bits per heavy atom. The highest BCUT2D eigenvalue weighted by atomic mass is 16.3. The predicted octanol–water partition coefficient (Wildman–Crippen LogP) is 2.61. The van der Waals surface area contributed by atoms with E-state index in [-0.39, 0.29) is 29.4 Å². The summed E-state index contributed by atoms with van der Waals surface area (Å²) >= 11 is 0. The number of benzene rings is 1. The van der Waals surface area contributed by atoms with Crippen LogP contribution in [0.15, 0.2) is 24.3 Å². The van der Waals surface area contributed by atoms with E-state index < -0.39 is 0 Å². The fraction of sp³-hybridized carbons (Fsp3) is 0.562. The molecule has 0 aliphatic heterocycles. The lowest BCUT2D eigenvalue weighted by Gasteiger charge is -2.49. The number of hydrogen-bond donors (Lipinski definition) is 3. The molecule has 2 fully saturated rings. The Hall–Kier alpha value is -1.55. The number of nitrogens with one attached hydrogen (secondary N) is 2. The van der Waals surface area contributed by atoms with Crippen molar-refractivity contribution in [1.29, 1.82) is 0 Å². The van der Waals surface area contributed by atoms with Gasteiger partial charge >= 0.3 is 0 Å². The van der Waals surface area contributed by atoms with E-state index in [1.54, 1.807) is 0 Å². The molecule has 3 rings (SSSR count). The van der Waals surface area contributed by atoms with Gasteiger partial charge in [0, 0.05) is 28.7 Å². The maximum Gasteiger partial charge on any atom is 0.227 e. The summed E-state index contributed by atoms with van der Waals surface area (Å²) in [7, 11) is 0. The molecule has 2 aliphatic rings. The van der Waals surface area contributed by atoms with Crippen molar-refractivity contribution in [2.24, 2.45) is 11.3 Å². The van der Waals surface area contributed by atoms with Crippen molar-refractivity contribution in [3.05, 3.63) is 24.3 Å². The summed E-state index contributed by atoms with van der Waals surface area (Å²) in [6.07, 6.45) is 2.55. The molecule has 20 heavy (non-hydrogen) atoms. The first-order chi connectivity index (χ1) is 9.46. The summed E-state index contributed by atoms with van der Waals surface area (Å²) < 4.78 is 0. The second-order valence-electron chi connectivity index (χ2n) is 6.61. The van der Waals surface area contributed by atoms with Gasteiger partial charge < -0.3 is 15.7 Å². The molecule has 0 bridgehead atoms. The Morgan fingerprint density at radius 2 is 2.00 bits per heavy atom. The number of aliphatic hydroxyl groups excluding tert-OH is 1. The topological polar surface area (TPSA) is 61.4 Å². The van der Waals surface area contributed by atoms with Crippen molar-refractivity contribution in [2.75, 3.05) is 10.6 Å². The van der Waals surface area contributed by atoms with Gasteiger partial charge in [-0.3, -0.25) is 4.79 Å². The zero-order chi connectivity index (χ0) is 14.3. The van der Waals surface area contributed by atoms with E-state index in [0.29, 0.717) is 0 Å². The van der Waals surface area contributed by atoms with Crippen LogP contribution < -0.4 is 10.6 Å². The minimum Gasteiger partial charge on any atom is -0.392 e. The lowest BCUT2D eigenvalue weighted by molar-refractivity contribution is -0.117. The molecule has 2 unspecified atom stereocenters. The number of amides is 1. The Kier molecular flexibility index (Phi) is 3.21. The van der Waals surface area contributed by atoms with Crippen molar-refractivity contribution < 1.29 is 9.90 Å². The molecular weight excluding hydrogens is 252 g/mol. The van der Waals surface area contributed by atoms with Gasteiger partial charge in [0.1, 0.15) is 0 Å². The molecule has 2 saturated carbocycles. The summed E-state index contributed by atoms with van der Waals surface area (Å²) in [5, 5.41) is 16.2. The van der Waals surface area contributed by atoms with Crippen molar-refractivity contribution in [3.63, 3.8) is 0 Å². The SMILES string of the molecule is CC1(C)C(O)CC1Nc1cccc(NC(=O)C2CC2)c1. The third-order valence-corrected chi connectivity index (χ3v) is 4.64. The third kappa shape index (κ3) is 2.52. The molecule has 1 amide bonds. The highest BCUT2D eigenvalue weighted by Crippen LogP contribution is 2.42. The highest BCUT2D eigenvalue weighted by Gasteiger charge is 2.47. The molecule has 4 nitrogen and oxygen atoms in total. The van der Waals surface area contributed by atoms with Crippen LogP contribution in [0, 0.1) is 11.3 Å². The molecule has 0 saturated heterocycles. The predicted molar refractivity (Wildman–Crippen MR) is 79.6 cm³/mol. The summed E-state index contributed by atoms with van der Waals surface area (Å²) in [5.41, 5.74) is 1.72. The number of carbonyl (C=O) groups excluding carboxylic acids is 1. The minimum absolute atomic E-state index is 0.104. The summed E-state index contributed by atoms with van der Waals surface area (Å²) in [6, 6.07) is 8.07. The molecule has 2 atom stereocenters. The fourth-order valence-corrected chi connectivity index (χ4v) is 2.63. The lowest BCUT2D eigenvalue weighted by Crippen LogP contribution is -2.56. The van der Waals surface area contributed by atoms with Crippen LogP contribution in [0.25, 0.3) is 0 Å². The minimum atomic E-state index is -0.238. The third-order valence-electron chi connectivity index (χ3n) is 4.64. The molecule has 0 heterocycles. The molecule has 2 aliphatic carbocycles. The monoisotopic (exact) mass is 274 g/mol. The first-order valence-electron chi connectivity index (χ1n) is 7.32. The van der Waals surface area contributed by atoms with Crippen LogP contribution in [-0.2, 0) is 4.79 Å². The first kappa shape index (κ1) is 13.4. The van der Waals surface area contributed by atoms with Crippen LogP contribution in [0.5, 0.6) is 0 Å². The van der Waals surface area contributed by atoms with Gasteiger partial charge in [0.15, 0.2) is 0 Å². The van der Waals surface area contributed by atoms with Crippen LogP contribution >= 0.6 is 0 Å².